The number of nitrogens with one attached hydrogen (secondary N) is 1. The number of hydrogen-bond donors (Lipinski definition) is 1. The molecule has 0 atom stereocenters. The topological polar surface area (TPSA) is 47.6 Å². The van der Waals surface area contributed by atoms with Gasteiger partial charge in [0.25, 0.3) is 0 Å². The van der Waals surface area contributed by atoms with Crippen LogP contribution in [0.2, 0.25) is 0 Å². The standard InChI is InChI=1S/C20H21F2NO3/c1-25-18-4-2-15(3-5-18)20(6-8-26-9-7-20)19(24)23-13-14-10-16(21)12-17(22)11-14/h2-5,10-12H,6-9,13H2,1H3,(H,23,24). The monoisotopic (exact) mass is 361 g/mol. The molecule has 0 spiro atoms. The van der Waals surface area contributed by atoms with Crippen LogP contribution in [0.3, 0.4) is 0 Å². The quantitative estimate of drug-likeness (QED) is 0.889. The molecule has 3 rings (SSSR count). The Bertz CT molecular complexity index is 751. The number of rotatable bonds is 5. The van der Waals surface area contributed by atoms with Gasteiger partial charge in [-0.1, -0.05) is 12.1 Å². The van der Waals surface area contributed by atoms with Crippen molar-refractivity contribution in [3.63, 3.8) is 0 Å². The van der Waals surface area contributed by atoms with Crippen LogP contribution in [0.1, 0.15) is 24.0 Å². The molecule has 1 saturated heterocycles. The molecular formula is C20H21F2NO3. The molecule has 138 valence electrons. The number of ether oxygens (including phenoxy) is 2. The van der Waals surface area contributed by atoms with E-state index in [0.29, 0.717) is 37.4 Å². The van der Waals surface area contributed by atoms with Crippen molar-refractivity contribution in [2.24, 2.45) is 0 Å². The Hall–Kier alpha value is -2.47. The van der Waals surface area contributed by atoms with Gasteiger partial charge in [-0.15, -0.1) is 0 Å². The van der Waals surface area contributed by atoms with Crippen LogP contribution in [0.15, 0.2) is 42.5 Å². The van der Waals surface area contributed by atoms with Gasteiger partial charge in [0.2, 0.25) is 5.91 Å². The zero-order chi connectivity index (χ0) is 18.6. The van der Waals surface area contributed by atoms with Gasteiger partial charge in [0.1, 0.15) is 17.4 Å². The summed E-state index contributed by atoms with van der Waals surface area (Å²) in [7, 11) is 1.59. The number of hydrogen-bond acceptors (Lipinski definition) is 3. The molecule has 1 aliphatic rings. The third kappa shape index (κ3) is 3.85. The normalized spacial score (nSPS) is 16.1. The first-order valence-electron chi connectivity index (χ1n) is 8.49. The van der Waals surface area contributed by atoms with Crippen molar-refractivity contribution in [3.8, 4) is 5.75 Å². The fraction of sp³-hybridized carbons (Fsp3) is 0.350. The minimum Gasteiger partial charge on any atom is -0.497 e. The smallest absolute Gasteiger partial charge is 0.231 e. The first-order chi connectivity index (χ1) is 12.5. The van der Waals surface area contributed by atoms with Crippen LogP contribution >= 0.6 is 0 Å². The number of amides is 1. The number of methoxy groups -OCH3 is 1. The maximum Gasteiger partial charge on any atom is 0.231 e. The van der Waals surface area contributed by atoms with Gasteiger partial charge in [0.15, 0.2) is 0 Å². The summed E-state index contributed by atoms with van der Waals surface area (Å²) < 4.78 is 37.3. The Morgan fingerprint density at radius 2 is 1.73 bits per heavy atom. The molecule has 26 heavy (non-hydrogen) atoms. The number of carbonyl (C=O) groups is 1. The maximum absolute atomic E-state index is 13.3. The Kier molecular flexibility index (Phi) is 5.52. The predicted molar refractivity (Wildman–Crippen MR) is 92.9 cm³/mol. The molecule has 0 bridgehead atoms. The molecule has 4 nitrogen and oxygen atoms in total. The first kappa shape index (κ1) is 18.3. The van der Waals surface area contributed by atoms with Gasteiger partial charge in [-0.2, -0.15) is 0 Å². The average molecular weight is 361 g/mol. The summed E-state index contributed by atoms with van der Waals surface area (Å²) in [5.74, 6) is -0.780. The predicted octanol–water partition coefficient (Wildman–Crippen LogP) is 3.34. The number of benzene rings is 2. The van der Waals surface area contributed by atoms with E-state index < -0.39 is 17.0 Å². The molecule has 1 aliphatic heterocycles. The van der Waals surface area contributed by atoms with Crippen molar-refractivity contribution in [1.82, 2.24) is 5.32 Å². The number of halogens is 2. The van der Waals surface area contributed by atoms with E-state index in [1.54, 1.807) is 7.11 Å². The van der Waals surface area contributed by atoms with E-state index in [9.17, 15) is 13.6 Å². The average Bonchev–Trinajstić information content (AvgIpc) is 2.66. The van der Waals surface area contributed by atoms with Crippen LogP contribution in [0.5, 0.6) is 5.75 Å². The van der Waals surface area contributed by atoms with E-state index in [1.165, 1.54) is 12.1 Å². The van der Waals surface area contributed by atoms with Crippen molar-refractivity contribution in [1.29, 1.82) is 0 Å². The Morgan fingerprint density at radius 3 is 2.31 bits per heavy atom. The highest BCUT2D eigenvalue weighted by Gasteiger charge is 2.41. The van der Waals surface area contributed by atoms with Crippen molar-refractivity contribution >= 4 is 5.91 Å². The SMILES string of the molecule is COc1ccc(C2(C(=O)NCc3cc(F)cc(F)c3)CCOCC2)cc1. The molecule has 2 aromatic rings. The van der Waals surface area contributed by atoms with Gasteiger partial charge in [-0.05, 0) is 48.2 Å². The van der Waals surface area contributed by atoms with Gasteiger partial charge in [0, 0.05) is 25.8 Å². The minimum atomic E-state index is -0.726. The van der Waals surface area contributed by atoms with Gasteiger partial charge in [-0.3, -0.25) is 4.79 Å². The second kappa shape index (κ2) is 7.83. The molecule has 1 fully saturated rings. The third-order valence-electron chi connectivity index (χ3n) is 4.80. The zero-order valence-electron chi connectivity index (χ0n) is 14.6. The van der Waals surface area contributed by atoms with Gasteiger partial charge in [-0.25, -0.2) is 8.78 Å². The van der Waals surface area contributed by atoms with Crippen molar-refractivity contribution < 1.29 is 23.0 Å². The highest BCUT2D eigenvalue weighted by atomic mass is 19.1. The van der Waals surface area contributed by atoms with E-state index in [1.807, 2.05) is 24.3 Å². The fourth-order valence-electron chi connectivity index (χ4n) is 3.34. The molecule has 1 heterocycles. The lowest BCUT2D eigenvalue weighted by atomic mass is 9.73. The first-order valence-corrected chi connectivity index (χ1v) is 8.49. The molecule has 0 unspecified atom stereocenters. The molecule has 0 radical (unpaired) electrons. The molecular weight excluding hydrogens is 340 g/mol. The molecule has 0 saturated carbocycles. The van der Waals surface area contributed by atoms with Crippen molar-refractivity contribution in [2.75, 3.05) is 20.3 Å². The lowest BCUT2D eigenvalue weighted by molar-refractivity contribution is -0.130. The largest absolute Gasteiger partial charge is 0.497 e. The molecule has 2 aromatic carbocycles. The van der Waals surface area contributed by atoms with Crippen molar-refractivity contribution in [3.05, 3.63) is 65.2 Å². The number of carbonyl (C=O) groups excluding carboxylic acids is 1. The van der Waals surface area contributed by atoms with Gasteiger partial charge in [0.05, 0.1) is 12.5 Å². The Labute approximate surface area is 151 Å². The highest BCUT2D eigenvalue weighted by Crippen LogP contribution is 2.36. The van der Waals surface area contributed by atoms with E-state index in [2.05, 4.69) is 5.32 Å². The van der Waals surface area contributed by atoms with Gasteiger partial charge < -0.3 is 14.8 Å². The molecule has 0 aliphatic carbocycles. The second-order valence-corrected chi connectivity index (χ2v) is 6.38. The summed E-state index contributed by atoms with van der Waals surface area (Å²) in [4.78, 5) is 13.0. The van der Waals surface area contributed by atoms with Crippen LogP contribution in [0.25, 0.3) is 0 Å². The van der Waals surface area contributed by atoms with Crippen LogP contribution in [-0.4, -0.2) is 26.2 Å². The van der Waals surface area contributed by atoms with E-state index in [4.69, 9.17) is 9.47 Å². The lowest BCUT2D eigenvalue weighted by Crippen LogP contribution is -2.47. The maximum atomic E-state index is 13.3. The van der Waals surface area contributed by atoms with E-state index in [0.717, 1.165) is 11.6 Å². The summed E-state index contributed by atoms with van der Waals surface area (Å²) in [5.41, 5.74) is 0.536. The summed E-state index contributed by atoms with van der Waals surface area (Å²) in [6.45, 7) is 1.02. The van der Waals surface area contributed by atoms with E-state index >= 15 is 0 Å². The van der Waals surface area contributed by atoms with Crippen LogP contribution in [0.4, 0.5) is 8.78 Å². The summed E-state index contributed by atoms with van der Waals surface area (Å²) >= 11 is 0. The molecule has 6 heteroatoms. The second-order valence-electron chi connectivity index (χ2n) is 6.38. The highest BCUT2D eigenvalue weighted by molar-refractivity contribution is 5.88. The molecule has 0 aromatic heterocycles. The summed E-state index contributed by atoms with van der Waals surface area (Å²) in [6, 6.07) is 10.6. The molecule has 1 amide bonds. The van der Waals surface area contributed by atoms with Crippen LogP contribution < -0.4 is 10.1 Å². The third-order valence-corrected chi connectivity index (χ3v) is 4.80. The van der Waals surface area contributed by atoms with Gasteiger partial charge >= 0.3 is 0 Å². The summed E-state index contributed by atoms with van der Waals surface area (Å²) in [5, 5.41) is 2.83. The van der Waals surface area contributed by atoms with Crippen LogP contribution in [0, 0.1) is 11.6 Å². The molecule has 1 N–H and O–H groups in total. The summed E-state index contributed by atoms with van der Waals surface area (Å²) in [6.07, 6.45) is 1.09. The Morgan fingerprint density at radius 1 is 1.12 bits per heavy atom. The minimum absolute atomic E-state index is 0.0618. The zero-order valence-corrected chi connectivity index (χ0v) is 14.6. The fourth-order valence-corrected chi connectivity index (χ4v) is 3.34. The van der Waals surface area contributed by atoms with Crippen molar-refractivity contribution in [2.45, 2.75) is 24.8 Å². The van der Waals surface area contributed by atoms with Crippen LogP contribution in [-0.2, 0) is 21.5 Å². The lowest BCUT2D eigenvalue weighted by Gasteiger charge is -2.36. The Balaban J connectivity index is 1.81. The van der Waals surface area contributed by atoms with E-state index in [-0.39, 0.29) is 12.5 Å².